The van der Waals surface area contributed by atoms with Crippen LogP contribution in [0.5, 0.6) is 0 Å². The molecule has 0 aromatic rings. The summed E-state index contributed by atoms with van der Waals surface area (Å²) in [7, 11) is 2.13. The molecule has 0 saturated heterocycles. The van der Waals surface area contributed by atoms with Crippen molar-refractivity contribution in [3.05, 3.63) is 0 Å². The zero-order valence-corrected chi connectivity index (χ0v) is 10.2. The highest BCUT2D eigenvalue weighted by Crippen LogP contribution is 2.32. The molecule has 14 heavy (non-hydrogen) atoms. The molecule has 0 aromatic heterocycles. The number of hydrogen-bond acceptors (Lipinski definition) is 1. The first kappa shape index (κ1) is 12.0. The fourth-order valence-corrected chi connectivity index (χ4v) is 2.85. The van der Waals surface area contributed by atoms with Gasteiger partial charge in [-0.25, -0.2) is 0 Å². The van der Waals surface area contributed by atoms with Crippen LogP contribution in [-0.2, 0) is 0 Å². The van der Waals surface area contributed by atoms with Gasteiger partial charge in [0.15, 0.2) is 0 Å². The molecule has 0 radical (unpaired) electrons. The summed E-state index contributed by atoms with van der Waals surface area (Å²) in [6.45, 7) is 4.71. The van der Waals surface area contributed by atoms with Crippen molar-refractivity contribution in [3.63, 3.8) is 0 Å². The lowest BCUT2D eigenvalue weighted by Gasteiger charge is -2.34. The minimum absolute atomic E-state index is 0.808. The Morgan fingerprint density at radius 2 is 2.00 bits per heavy atom. The summed E-state index contributed by atoms with van der Waals surface area (Å²) < 4.78 is 0. The SMILES string of the molecule is CCCCCC1CC(C)CCC1NC. The van der Waals surface area contributed by atoms with Crippen LogP contribution in [0.3, 0.4) is 0 Å². The molecule has 3 unspecified atom stereocenters. The van der Waals surface area contributed by atoms with E-state index >= 15 is 0 Å². The van der Waals surface area contributed by atoms with Crippen molar-refractivity contribution >= 4 is 0 Å². The third-order valence-corrected chi connectivity index (χ3v) is 3.79. The van der Waals surface area contributed by atoms with E-state index in [0.29, 0.717) is 0 Å². The number of rotatable bonds is 5. The maximum atomic E-state index is 3.50. The van der Waals surface area contributed by atoms with E-state index in [0.717, 1.165) is 17.9 Å². The maximum Gasteiger partial charge on any atom is 0.00925 e. The van der Waals surface area contributed by atoms with Crippen molar-refractivity contribution in [1.82, 2.24) is 5.32 Å². The van der Waals surface area contributed by atoms with Gasteiger partial charge in [0.1, 0.15) is 0 Å². The van der Waals surface area contributed by atoms with Crippen LogP contribution in [0.4, 0.5) is 0 Å². The summed E-state index contributed by atoms with van der Waals surface area (Å²) in [6, 6.07) is 0.808. The minimum atomic E-state index is 0.808. The highest BCUT2D eigenvalue weighted by molar-refractivity contribution is 4.82. The number of hydrogen-bond donors (Lipinski definition) is 1. The minimum Gasteiger partial charge on any atom is -0.317 e. The van der Waals surface area contributed by atoms with Crippen LogP contribution >= 0.6 is 0 Å². The Morgan fingerprint density at radius 3 is 2.64 bits per heavy atom. The predicted molar refractivity (Wildman–Crippen MR) is 63.5 cm³/mol. The molecule has 1 heteroatoms. The van der Waals surface area contributed by atoms with Crippen molar-refractivity contribution in [2.45, 2.75) is 64.8 Å². The fourth-order valence-electron chi connectivity index (χ4n) is 2.85. The maximum absolute atomic E-state index is 3.50. The molecule has 3 atom stereocenters. The third kappa shape index (κ3) is 3.61. The van der Waals surface area contributed by atoms with Crippen molar-refractivity contribution in [3.8, 4) is 0 Å². The van der Waals surface area contributed by atoms with Crippen molar-refractivity contribution in [2.24, 2.45) is 11.8 Å². The molecule has 0 amide bonds. The second-order valence-corrected chi connectivity index (χ2v) is 5.07. The monoisotopic (exact) mass is 197 g/mol. The smallest absolute Gasteiger partial charge is 0.00925 e. The van der Waals surface area contributed by atoms with Crippen LogP contribution in [0.1, 0.15) is 58.8 Å². The van der Waals surface area contributed by atoms with Crippen LogP contribution in [-0.4, -0.2) is 13.1 Å². The van der Waals surface area contributed by atoms with Gasteiger partial charge >= 0.3 is 0 Å². The van der Waals surface area contributed by atoms with Crippen molar-refractivity contribution < 1.29 is 0 Å². The molecule has 0 aliphatic heterocycles. The van der Waals surface area contributed by atoms with E-state index in [1.54, 1.807) is 0 Å². The van der Waals surface area contributed by atoms with Crippen LogP contribution in [0.25, 0.3) is 0 Å². The van der Waals surface area contributed by atoms with Crippen LogP contribution in [0, 0.1) is 11.8 Å². The zero-order valence-electron chi connectivity index (χ0n) is 10.2. The topological polar surface area (TPSA) is 12.0 Å². The van der Waals surface area contributed by atoms with Crippen LogP contribution in [0.15, 0.2) is 0 Å². The molecule has 1 aliphatic carbocycles. The lowest BCUT2D eigenvalue weighted by molar-refractivity contribution is 0.206. The first-order valence-electron chi connectivity index (χ1n) is 6.45. The molecule has 0 aromatic carbocycles. The van der Waals surface area contributed by atoms with E-state index in [-0.39, 0.29) is 0 Å². The molecular formula is C13H27N. The van der Waals surface area contributed by atoms with Gasteiger partial charge in [0.05, 0.1) is 0 Å². The Morgan fingerprint density at radius 1 is 1.21 bits per heavy atom. The Bertz CT molecular complexity index is 144. The average Bonchev–Trinajstić information content (AvgIpc) is 2.19. The third-order valence-electron chi connectivity index (χ3n) is 3.79. The average molecular weight is 197 g/mol. The quantitative estimate of drug-likeness (QED) is 0.664. The molecule has 1 N–H and O–H groups in total. The largest absolute Gasteiger partial charge is 0.317 e. The van der Waals surface area contributed by atoms with E-state index in [9.17, 15) is 0 Å². The lowest BCUT2D eigenvalue weighted by atomic mass is 9.76. The first-order chi connectivity index (χ1) is 6.77. The Labute approximate surface area is 89.7 Å². The molecule has 1 rings (SSSR count). The Balaban J connectivity index is 2.29. The molecule has 1 fully saturated rings. The van der Waals surface area contributed by atoms with E-state index < -0.39 is 0 Å². The Kier molecular flexibility index (Phi) is 5.54. The van der Waals surface area contributed by atoms with Gasteiger partial charge in [-0.1, -0.05) is 33.1 Å². The van der Waals surface area contributed by atoms with E-state index in [1.807, 2.05) is 0 Å². The summed E-state index contributed by atoms with van der Waals surface area (Å²) in [6.07, 6.45) is 9.93. The second-order valence-electron chi connectivity index (χ2n) is 5.07. The van der Waals surface area contributed by atoms with Crippen molar-refractivity contribution in [2.75, 3.05) is 7.05 Å². The van der Waals surface area contributed by atoms with Gasteiger partial charge in [0.2, 0.25) is 0 Å². The molecule has 0 heterocycles. The summed E-state index contributed by atoms with van der Waals surface area (Å²) in [4.78, 5) is 0. The summed E-state index contributed by atoms with van der Waals surface area (Å²) in [5.74, 6) is 1.92. The molecule has 0 spiro atoms. The fraction of sp³-hybridized carbons (Fsp3) is 1.00. The molecule has 1 aliphatic rings. The van der Waals surface area contributed by atoms with Crippen molar-refractivity contribution in [1.29, 1.82) is 0 Å². The molecule has 1 nitrogen and oxygen atoms in total. The zero-order chi connectivity index (χ0) is 10.4. The summed E-state index contributed by atoms with van der Waals surface area (Å²) >= 11 is 0. The van der Waals surface area contributed by atoms with Gasteiger partial charge in [-0.2, -0.15) is 0 Å². The second kappa shape index (κ2) is 6.44. The summed E-state index contributed by atoms with van der Waals surface area (Å²) in [5, 5.41) is 3.50. The van der Waals surface area contributed by atoms with Gasteiger partial charge in [-0.3, -0.25) is 0 Å². The van der Waals surface area contributed by atoms with Crippen LogP contribution < -0.4 is 5.32 Å². The normalized spacial score (nSPS) is 33.2. The predicted octanol–water partition coefficient (Wildman–Crippen LogP) is 3.59. The molecular weight excluding hydrogens is 170 g/mol. The number of unbranched alkanes of at least 4 members (excludes halogenated alkanes) is 2. The first-order valence-corrected chi connectivity index (χ1v) is 6.45. The number of nitrogens with one attached hydrogen (secondary N) is 1. The van der Waals surface area contributed by atoms with Crippen LogP contribution in [0.2, 0.25) is 0 Å². The highest BCUT2D eigenvalue weighted by Gasteiger charge is 2.26. The highest BCUT2D eigenvalue weighted by atomic mass is 14.9. The summed E-state index contributed by atoms with van der Waals surface area (Å²) in [5.41, 5.74) is 0. The van der Waals surface area contributed by atoms with Gasteiger partial charge in [-0.15, -0.1) is 0 Å². The molecule has 0 bridgehead atoms. The van der Waals surface area contributed by atoms with E-state index in [1.165, 1.54) is 44.9 Å². The Hall–Kier alpha value is -0.0400. The van der Waals surface area contributed by atoms with Gasteiger partial charge < -0.3 is 5.32 Å². The van der Waals surface area contributed by atoms with E-state index in [2.05, 4.69) is 26.2 Å². The van der Waals surface area contributed by atoms with Gasteiger partial charge in [0.25, 0.3) is 0 Å². The molecule has 1 saturated carbocycles. The standard InChI is InChI=1S/C13H27N/c1-4-5-6-7-12-10-11(2)8-9-13(12)14-3/h11-14H,4-10H2,1-3H3. The lowest BCUT2D eigenvalue weighted by Crippen LogP contribution is -2.38. The molecule has 84 valence electrons. The van der Waals surface area contributed by atoms with E-state index in [4.69, 9.17) is 0 Å². The van der Waals surface area contributed by atoms with Gasteiger partial charge in [-0.05, 0) is 44.6 Å². The van der Waals surface area contributed by atoms with Gasteiger partial charge in [0, 0.05) is 6.04 Å².